The minimum Gasteiger partial charge on any atom is -0.462 e. The Morgan fingerprint density at radius 3 is 2.23 bits per heavy atom. The molecule has 0 radical (unpaired) electrons. The van der Waals surface area contributed by atoms with Crippen molar-refractivity contribution in [2.45, 2.75) is 72.8 Å². The fourth-order valence-corrected chi connectivity index (χ4v) is 5.16. The van der Waals surface area contributed by atoms with E-state index in [1.165, 1.54) is 29.5 Å². The fraction of sp³-hybridized carbons (Fsp3) is 0.552. The molecule has 2 aromatic carbocycles. The molecule has 0 N–H and O–H groups in total. The number of rotatable bonds is 8. The van der Waals surface area contributed by atoms with Crippen molar-refractivity contribution in [3.63, 3.8) is 0 Å². The van der Waals surface area contributed by atoms with Gasteiger partial charge in [0, 0.05) is 0 Å². The van der Waals surface area contributed by atoms with Crippen LogP contribution < -0.4 is 0 Å². The van der Waals surface area contributed by atoms with Gasteiger partial charge in [-0.05, 0) is 66.0 Å². The zero-order valence-electron chi connectivity index (χ0n) is 20.0. The van der Waals surface area contributed by atoms with Crippen LogP contribution >= 0.6 is 0 Å². The topological polar surface area (TPSA) is 26.3 Å². The van der Waals surface area contributed by atoms with Crippen molar-refractivity contribution in [1.82, 2.24) is 0 Å². The normalized spacial score (nSPS) is 23.4. The van der Waals surface area contributed by atoms with Crippen molar-refractivity contribution in [3.8, 4) is 11.1 Å². The molecule has 0 aliphatic heterocycles. The Bertz CT molecular complexity index is 808. The van der Waals surface area contributed by atoms with Gasteiger partial charge in [-0.25, -0.2) is 0 Å². The van der Waals surface area contributed by atoms with Gasteiger partial charge in [-0.15, -0.1) is 0 Å². The third-order valence-electron chi connectivity index (χ3n) is 7.03. The predicted molar refractivity (Wildman–Crippen MR) is 130 cm³/mol. The van der Waals surface area contributed by atoms with Crippen molar-refractivity contribution in [2.75, 3.05) is 0 Å². The quantitative estimate of drug-likeness (QED) is 0.412. The van der Waals surface area contributed by atoms with Gasteiger partial charge in [0.05, 0.1) is 5.92 Å². The highest BCUT2D eigenvalue weighted by Gasteiger charge is 2.34. The van der Waals surface area contributed by atoms with E-state index in [4.69, 9.17) is 4.74 Å². The molecular weight excluding hydrogens is 380 g/mol. The summed E-state index contributed by atoms with van der Waals surface area (Å²) in [6.45, 7) is 11.1. The number of carbonyl (C=O) groups is 1. The summed E-state index contributed by atoms with van der Waals surface area (Å²) in [5.41, 5.74) is 3.82. The molecule has 1 aliphatic rings. The van der Waals surface area contributed by atoms with E-state index in [1.54, 1.807) is 0 Å². The van der Waals surface area contributed by atoms with Crippen molar-refractivity contribution in [1.29, 1.82) is 0 Å². The van der Waals surface area contributed by atoms with E-state index in [1.807, 2.05) is 13.0 Å². The van der Waals surface area contributed by atoms with Gasteiger partial charge in [0.15, 0.2) is 0 Å². The standard InChI is InChI=1S/C29H40O2/c1-20(2)27-16-11-21(3)19-28(27)31-29(30)23(5)17-22(4)18-24-12-14-26(15-13-24)25-9-7-6-8-10-25/h6-10,12-15,20-23,27-28H,11,16-19H2,1-5H3/t21-,22-,23-,27+,28-/m1/s1. The molecule has 168 valence electrons. The van der Waals surface area contributed by atoms with Crippen LogP contribution in [0.4, 0.5) is 0 Å². The van der Waals surface area contributed by atoms with Crippen LogP contribution in [0.15, 0.2) is 54.6 Å². The van der Waals surface area contributed by atoms with Crippen LogP contribution in [-0.2, 0) is 16.0 Å². The van der Waals surface area contributed by atoms with Gasteiger partial charge in [-0.3, -0.25) is 4.79 Å². The van der Waals surface area contributed by atoms with Crippen LogP contribution in [0.25, 0.3) is 11.1 Å². The molecule has 0 bridgehead atoms. The van der Waals surface area contributed by atoms with Crippen LogP contribution in [0, 0.1) is 29.6 Å². The molecule has 0 saturated heterocycles. The van der Waals surface area contributed by atoms with Crippen molar-refractivity contribution in [2.24, 2.45) is 29.6 Å². The minimum atomic E-state index is -0.0522. The monoisotopic (exact) mass is 420 g/mol. The smallest absolute Gasteiger partial charge is 0.308 e. The molecule has 0 aromatic heterocycles. The lowest BCUT2D eigenvalue weighted by Crippen LogP contribution is -2.37. The Morgan fingerprint density at radius 1 is 0.935 bits per heavy atom. The predicted octanol–water partition coefficient (Wildman–Crippen LogP) is 7.56. The van der Waals surface area contributed by atoms with Crippen molar-refractivity contribution >= 4 is 5.97 Å². The van der Waals surface area contributed by atoms with Gasteiger partial charge in [0.2, 0.25) is 0 Å². The van der Waals surface area contributed by atoms with E-state index in [0.717, 1.165) is 19.3 Å². The van der Waals surface area contributed by atoms with Gasteiger partial charge in [-0.2, -0.15) is 0 Å². The number of benzene rings is 2. The van der Waals surface area contributed by atoms with E-state index < -0.39 is 0 Å². The molecule has 1 aliphatic carbocycles. The fourth-order valence-electron chi connectivity index (χ4n) is 5.16. The lowest BCUT2D eigenvalue weighted by Gasteiger charge is -2.37. The van der Waals surface area contributed by atoms with Gasteiger partial charge in [0.1, 0.15) is 6.10 Å². The molecule has 0 spiro atoms. The Morgan fingerprint density at radius 2 is 1.58 bits per heavy atom. The molecule has 1 saturated carbocycles. The highest BCUT2D eigenvalue weighted by molar-refractivity contribution is 5.72. The summed E-state index contributed by atoms with van der Waals surface area (Å²) >= 11 is 0. The lowest BCUT2D eigenvalue weighted by molar-refractivity contribution is -0.161. The van der Waals surface area contributed by atoms with Gasteiger partial charge >= 0.3 is 5.97 Å². The Kier molecular flexibility index (Phi) is 8.35. The SMILES string of the molecule is CC(C)[C@@H]1CC[C@@H](C)C[C@H]1OC(=O)[C@H](C)C[C@@H](C)Cc1ccc(-c2ccccc2)cc1. The maximum atomic E-state index is 12.9. The molecule has 1 fully saturated rings. The summed E-state index contributed by atoms with van der Waals surface area (Å²) in [6.07, 6.45) is 5.41. The first-order valence-electron chi connectivity index (χ1n) is 12.2. The van der Waals surface area contributed by atoms with Crippen LogP contribution in [0.5, 0.6) is 0 Å². The first-order chi connectivity index (χ1) is 14.8. The largest absolute Gasteiger partial charge is 0.462 e. The second-order valence-corrected chi connectivity index (χ2v) is 10.3. The second-order valence-electron chi connectivity index (χ2n) is 10.3. The molecule has 2 aromatic rings. The minimum absolute atomic E-state index is 0.00368. The maximum Gasteiger partial charge on any atom is 0.308 e. The number of ether oxygens (including phenoxy) is 1. The van der Waals surface area contributed by atoms with Crippen molar-refractivity contribution < 1.29 is 9.53 Å². The average molecular weight is 421 g/mol. The zero-order valence-corrected chi connectivity index (χ0v) is 20.0. The third-order valence-corrected chi connectivity index (χ3v) is 7.03. The zero-order chi connectivity index (χ0) is 22.4. The first kappa shape index (κ1) is 23.6. The van der Waals surface area contributed by atoms with Crippen LogP contribution in [0.2, 0.25) is 0 Å². The Labute approximate surface area is 189 Å². The van der Waals surface area contributed by atoms with Crippen LogP contribution in [0.1, 0.15) is 65.9 Å². The summed E-state index contributed by atoms with van der Waals surface area (Å²) in [4.78, 5) is 12.9. The Hall–Kier alpha value is -2.09. The molecule has 31 heavy (non-hydrogen) atoms. The van der Waals surface area contributed by atoms with Crippen molar-refractivity contribution in [3.05, 3.63) is 60.2 Å². The molecule has 5 atom stereocenters. The lowest BCUT2D eigenvalue weighted by atomic mass is 9.75. The molecule has 2 heteroatoms. The summed E-state index contributed by atoms with van der Waals surface area (Å²) in [6, 6.07) is 19.3. The third kappa shape index (κ3) is 6.69. The number of hydrogen-bond donors (Lipinski definition) is 0. The van der Waals surface area contributed by atoms with E-state index in [-0.39, 0.29) is 18.0 Å². The van der Waals surface area contributed by atoms with Gasteiger partial charge in [0.25, 0.3) is 0 Å². The average Bonchev–Trinajstić information content (AvgIpc) is 2.74. The maximum absolute atomic E-state index is 12.9. The van der Waals surface area contributed by atoms with Gasteiger partial charge in [-0.1, -0.05) is 95.6 Å². The van der Waals surface area contributed by atoms with Crippen LogP contribution in [-0.4, -0.2) is 12.1 Å². The Balaban J connectivity index is 1.51. The van der Waals surface area contributed by atoms with Crippen LogP contribution in [0.3, 0.4) is 0 Å². The number of esters is 1. The number of hydrogen-bond acceptors (Lipinski definition) is 2. The molecule has 0 amide bonds. The number of carbonyl (C=O) groups excluding carboxylic acids is 1. The summed E-state index contributed by atoms with van der Waals surface area (Å²) in [5, 5.41) is 0. The molecule has 0 heterocycles. The van der Waals surface area contributed by atoms with E-state index in [2.05, 4.69) is 76.2 Å². The molecule has 2 nitrogen and oxygen atoms in total. The molecule has 3 rings (SSSR count). The van der Waals surface area contributed by atoms with E-state index >= 15 is 0 Å². The van der Waals surface area contributed by atoms with E-state index in [0.29, 0.717) is 23.7 Å². The molecular formula is C29H40O2. The van der Waals surface area contributed by atoms with Gasteiger partial charge < -0.3 is 4.74 Å². The highest BCUT2D eigenvalue weighted by atomic mass is 16.5. The molecule has 0 unspecified atom stereocenters. The highest BCUT2D eigenvalue weighted by Crippen LogP contribution is 2.36. The second kappa shape index (κ2) is 11.0. The summed E-state index contributed by atoms with van der Waals surface area (Å²) < 4.78 is 6.07. The summed E-state index contributed by atoms with van der Waals surface area (Å²) in [5.74, 6) is 2.11. The first-order valence-corrected chi connectivity index (χ1v) is 12.2. The van der Waals surface area contributed by atoms with E-state index in [9.17, 15) is 4.79 Å². The summed E-state index contributed by atoms with van der Waals surface area (Å²) in [7, 11) is 0.